The highest BCUT2D eigenvalue weighted by Crippen LogP contribution is 2.03. The Morgan fingerprint density at radius 1 is 1.56 bits per heavy atom. The number of aryl methyl sites for hydroxylation is 1. The van der Waals surface area contributed by atoms with Crippen molar-refractivity contribution in [1.82, 2.24) is 14.9 Å². The summed E-state index contributed by atoms with van der Waals surface area (Å²) in [5.74, 6) is 0.932. The Bertz CT molecular complexity index is 340. The van der Waals surface area contributed by atoms with Crippen molar-refractivity contribution in [3.8, 4) is 0 Å². The summed E-state index contributed by atoms with van der Waals surface area (Å²) in [6.45, 7) is 8.63. The van der Waals surface area contributed by atoms with Crippen molar-refractivity contribution < 1.29 is 5.11 Å². The third-order valence-corrected chi connectivity index (χ3v) is 2.32. The molecule has 4 nitrogen and oxygen atoms in total. The summed E-state index contributed by atoms with van der Waals surface area (Å²) in [4.78, 5) is 9.54. The van der Waals surface area contributed by atoms with Crippen LogP contribution in [-0.4, -0.2) is 39.7 Å². The Kier molecular flexibility index (Phi) is 5.22. The first-order valence-corrected chi connectivity index (χ1v) is 5.59. The van der Waals surface area contributed by atoms with E-state index in [9.17, 15) is 0 Å². The highest BCUT2D eigenvalue weighted by Gasteiger charge is 2.05. The van der Waals surface area contributed by atoms with Gasteiger partial charge in [-0.3, -0.25) is 4.90 Å². The molecule has 4 heteroatoms. The Labute approximate surface area is 97.0 Å². The first-order valence-electron chi connectivity index (χ1n) is 5.59. The van der Waals surface area contributed by atoms with Gasteiger partial charge in [0.05, 0.1) is 6.61 Å². The highest BCUT2D eigenvalue weighted by atomic mass is 16.3. The molecule has 0 bridgehead atoms. The number of rotatable bonds is 6. The van der Waals surface area contributed by atoms with Crippen LogP contribution in [0, 0.1) is 6.92 Å². The zero-order chi connectivity index (χ0) is 12.0. The molecule has 0 spiro atoms. The third-order valence-electron chi connectivity index (χ3n) is 2.32. The molecule has 1 aromatic rings. The van der Waals surface area contributed by atoms with Gasteiger partial charge in [-0.1, -0.05) is 11.6 Å². The summed E-state index contributed by atoms with van der Waals surface area (Å²) in [6.07, 6.45) is 4.01. The van der Waals surface area contributed by atoms with Gasteiger partial charge in [0, 0.05) is 31.5 Å². The van der Waals surface area contributed by atoms with Crippen molar-refractivity contribution in [2.24, 2.45) is 0 Å². The number of imidazole rings is 1. The Morgan fingerprint density at radius 3 is 2.81 bits per heavy atom. The van der Waals surface area contributed by atoms with Crippen LogP contribution in [0.5, 0.6) is 0 Å². The number of nitrogens with zero attached hydrogens (tertiary/aromatic N) is 2. The zero-order valence-electron chi connectivity index (χ0n) is 10.3. The molecule has 0 fully saturated rings. The number of H-pyrrole nitrogens is 1. The van der Waals surface area contributed by atoms with Gasteiger partial charge in [-0.15, -0.1) is 0 Å². The summed E-state index contributed by atoms with van der Waals surface area (Å²) in [5, 5.41) is 9.00. The Morgan fingerprint density at radius 2 is 2.31 bits per heavy atom. The number of hydrogen-bond acceptors (Lipinski definition) is 3. The molecule has 0 unspecified atom stereocenters. The molecule has 0 radical (unpaired) electrons. The van der Waals surface area contributed by atoms with E-state index >= 15 is 0 Å². The van der Waals surface area contributed by atoms with Gasteiger partial charge in [-0.2, -0.15) is 0 Å². The molecule has 1 rings (SSSR count). The molecule has 90 valence electrons. The van der Waals surface area contributed by atoms with E-state index in [1.807, 2.05) is 13.1 Å². The smallest absolute Gasteiger partial charge is 0.103 e. The van der Waals surface area contributed by atoms with E-state index in [0.29, 0.717) is 6.54 Å². The van der Waals surface area contributed by atoms with Crippen LogP contribution in [0.15, 0.2) is 17.8 Å². The van der Waals surface area contributed by atoms with E-state index in [1.165, 1.54) is 5.57 Å². The van der Waals surface area contributed by atoms with E-state index in [-0.39, 0.29) is 6.61 Å². The number of aliphatic hydroxyl groups is 1. The Hall–Kier alpha value is -1.13. The molecule has 16 heavy (non-hydrogen) atoms. The van der Waals surface area contributed by atoms with Crippen molar-refractivity contribution in [2.75, 3.05) is 19.7 Å². The van der Waals surface area contributed by atoms with Gasteiger partial charge >= 0.3 is 0 Å². The number of nitrogens with one attached hydrogen (secondary N) is 1. The van der Waals surface area contributed by atoms with Crippen LogP contribution >= 0.6 is 0 Å². The molecular formula is C12H21N3O. The van der Waals surface area contributed by atoms with Crippen LogP contribution in [0.4, 0.5) is 0 Å². The van der Waals surface area contributed by atoms with E-state index in [0.717, 1.165) is 24.6 Å². The lowest BCUT2D eigenvalue weighted by Gasteiger charge is -2.18. The maximum atomic E-state index is 9.00. The topological polar surface area (TPSA) is 52.1 Å². The lowest BCUT2D eigenvalue weighted by molar-refractivity contribution is 0.202. The third kappa shape index (κ3) is 4.59. The van der Waals surface area contributed by atoms with Crippen molar-refractivity contribution in [3.63, 3.8) is 0 Å². The lowest BCUT2D eigenvalue weighted by Crippen LogP contribution is -2.27. The van der Waals surface area contributed by atoms with Crippen LogP contribution in [0.3, 0.4) is 0 Å². The fraction of sp³-hybridized carbons (Fsp3) is 0.583. The van der Waals surface area contributed by atoms with E-state index in [2.05, 4.69) is 34.8 Å². The van der Waals surface area contributed by atoms with Gasteiger partial charge in [0.2, 0.25) is 0 Å². The zero-order valence-corrected chi connectivity index (χ0v) is 10.3. The molecular weight excluding hydrogens is 202 g/mol. The van der Waals surface area contributed by atoms with Crippen molar-refractivity contribution in [1.29, 1.82) is 0 Å². The molecule has 1 aromatic heterocycles. The van der Waals surface area contributed by atoms with Gasteiger partial charge in [0.15, 0.2) is 0 Å². The Balaban J connectivity index is 2.53. The molecule has 0 aliphatic carbocycles. The highest BCUT2D eigenvalue weighted by molar-refractivity contribution is 5.01. The predicted octanol–water partition coefficient (Wildman–Crippen LogP) is 1.48. The summed E-state index contributed by atoms with van der Waals surface area (Å²) < 4.78 is 0. The fourth-order valence-corrected chi connectivity index (χ4v) is 1.48. The molecule has 0 saturated heterocycles. The standard InChI is InChI=1S/C12H21N3O/c1-10(2)4-5-15(6-7-16)9-12-8-13-11(3)14-12/h4,8,16H,5-7,9H2,1-3H3,(H,13,14). The SMILES string of the molecule is CC(C)=CCN(CCO)Cc1cnc(C)[nH]1. The van der Waals surface area contributed by atoms with Gasteiger partial charge in [-0.05, 0) is 20.8 Å². The summed E-state index contributed by atoms with van der Waals surface area (Å²) >= 11 is 0. The van der Waals surface area contributed by atoms with Crippen LogP contribution in [0.25, 0.3) is 0 Å². The average Bonchev–Trinajstić information content (AvgIpc) is 2.61. The minimum Gasteiger partial charge on any atom is -0.395 e. The predicted molar refractivity (Wildman–Crippen MR) is 65.1 cm³/mol. The van der Waals surface area contributed by atoms with Crippen molar-refractivity contribution in [2.45, 2.75) is 27.3 Å². The fourth-order valence-electron chi connectivity index (χ4n) is 1.48. The van der Waals surface area contributed by atoms with Crippen LogP contribution in [0.2, 0.25) is 0 Å². The van der Waals surface area contributed by atoms with Gasteiger partial charge in [0.25, 0.3) is 0 Å². The number of allylic oxidation sites excluding steroid dienone is 1. The number of aromatic amines is 1. The summed E-state index contributed by atoms with van der Waals surface area (Å²) in [6, 6.07) is 0. The van der Waals surface area contributed by atoms with Crippen molar-refractivity contribution in [3.05, 3.63) is 29.4 Å². The maximum Gasteiger partial charge on any atom is 0.103 e. The average molecular weight is 223 g/mol. The minimum absolute atomic E-state index is 0.184. The second-order valence-corrected chi connectivity index (χ2v) is 4.23. The molecule has 0 amide bonds. The lowest BCUT2D eigenvalue weighted by atomic mass is 10.3. The van der Waals surface area contributed by atoms with Crippen molar-refractivity contribution >= 4 is 0 Å². The van der Waals surface area contributed by atoms with Gasteiger partial charge in [0.1, 0.15) is 5.82 Å². The summed E-state index contributed by atoms with van der Waals surface area (Å²) in [5.41, 5.74) is 2.39. The normalized spacial score (nSPS) is 10.8. The number of aliphatic hydroxyl groups excluding tert-OH is 1. The van der Waals surface area contributed by atoms with Crippen LogP contribution < -0.4 is 0 Å². The molecule has 1 heterocycles. The molecule has 0 atom stereocenters. The second-order valence-electron chi connectivity index (χ2n) is 4.23. The minimum atomic E-state index is 0.184. The molecule has 0 aliphatic rings. The molecule has 0 aromatic carbocycles. The number of aromatic nitrogens is 2. The summed E-state index contributed by atoms with van der Waals surface area (Å²) in [7, 11) is 0. The van der Waals surface area contributed by atoms with Crippen LogP contribution in [0.1, 0.15) is 25.4 Å². The molecule has 0 saturated carbocycles. The van der Waals surface area contributed by atoms with E-state index < -0.39 is 0 Å². The quantitative estimate of drug-likeness (QED) is 0.718. The first kappa shape index (κ1) is 12.9. The molecule has 0 aliphatic heterocycles. The van der Waals surface area contributed by atoms with E-state index in [4.69, 9.17) is 5.11 Å². The number of hydrogen-bond donors (Lipinski definition) is 2. The maximum absolute atomic E-state index is 9.00. The van der Waals surface area contributed by atoms with Crippen LogP contribution in [-0.2, 0) is 6.54 Å². The monoisotopic (exact) mass is 223 g/mol. The molecule has 2 N–H and O–H groups in total. The van der Waals surface area contributed by atoms with E-state index in [1.54, 1.807) is 0 Å². The van der Waals surface area contributed by atoms with Gasteiger partial charge in [-0.25, -0.2) is 4.98 Å². The second kappa shape index (κ2) is 6.45. The van der Waals surface area contributed by atoms with Gasteiger partial charge < -0.3 is 10.1 Å². The first-order chi connectivity index (χ1) is 7.61. The largest absolute Gasteiger partial charge is 0.395 e.